The molecule has 0 aliphatic heterocycles. The molecule has 8 nitrogen and oxygen atoms in total. The number of carbonyl (C=O) groups is 1. The van der Waals surface area contributed by atoms with Gasteiger partial charge in [0.25, 0.3) is 0 Å². The lowest BCUT2D eigenvalue weighted by atomic mass is 10.1. The van der Waals surface area contributed by atoms with Crippen LogP contribution in [0.2, 0.25) is 0 Å². The molecular formula is C22H26N4O4S. The minimum atomic E-state index is -3.45. The summed E-state index contributed by atoms with van der Waals surface area (Å²) in [6, 6.07) is 15.0. The van der Waals surface area contributed by atoms with E-state index in [0.717, 1.165) is 16.7 Å². The van der Waals surface area contributed by atoms with Gasteiger partial charge in [-0.3, -0.25) is 9.10 Å². The van der Waals surface area contributed by atoms with Crippen LogP contribution in [-0.4, -0.2) is 37.3 Å². The number of aryl methyl sites for hydroxylation is 2. The highest BCUT2D eigenvalue weighted by atomic mass is 32.2. The second-order valence-electron chi connectivity index (χ2n) is 7.33. The van der Waals surface area contributed by atoms with Crippen LogP contribution in [0, 0.1) is 13.8 Å². The zero-order valence-corrected chi connectivity index (χ0v) is 18.6. The van der Waals surface area contributed by atoms with E-state index < -0.39 is 10.0 Å². The molecule has 0 saturated heterocycles. The van der Waals surface area contributed by atoms with Crippen molar-refractivity contribution in [3.8, 4) is 11.4 Å². The number of rotatable bonds is 9. The van der Waals surface area contributed by atoms with E-state index in [-0.39, 0.29) is 25.4 Å². The number of para-hydroxylation sites is 1. The number of sulfonamides is 1. The maximum absolute atomic E-state index is 12.2. The van der Waals surface area contributed by atoms with Crippen LogP contribution in [0.1, 0.15) is 29.9 Å². The molecule has 0 bridgehead atoms. The van der Waals surface area contributed by atoms with Crippen LogP contribution < -0.4 is 9.62 Å². The van der Waals surface area contributed by atoms with Gasteiger partial charge in [0.15, 0.2) is 0 Å². The third-order valence-corrected chi connectivity index (χ3v) is 6.02. The average molecular weight is 443 g/mol. The molecule has 0 radical (unpaired) electrons. The molecule has 1 amide bonds. The summed E-state index contributed by atoms with van der Waals surface area (Å²) in [6.07, 6.45) is 1.73. The van der Waals surface area contributed by atoms with Gasteiger partial charge in [-0.05, 0) is 37.5 Å². The lowest BCUT2D eigenvalue weighted by Gasteiger charge is -2.24. The SMILES string of the molecule is Cc1ccccc1-c1noc(CNC(=O)CCCN(c2ccccc2C)S(C)(=O)=O)n1. The first kappa shape index (κ1) is 22.5. The molecule has 0 atom stereocenters. The number of nitrogens with one attached hydrogen (secondary N) is 1. The van der Waals surface area contributed by atoms with Crippen molar-refractivity contribution in [1.29, 1.82) is 0 Å². The first-order valence-electron chi connectivity index (χ1n) is 9.94. The second-order valence-corrected chi connectivity index (χ2v) is 9.24. The summed E-state index contributed by atoms with van der Waals surface area (Å²) in [7, 11) is -3.45. The standard InChI is InChI=1S/C22H26N4O4S/c1-16-9-4-6-11-18(16)22-24-21(30-25-22)15-23-20(27)13-8-14-26(31(3,28)29)19-12-7-5-10-17(19)2/h4-7,9-12H,8,13-15H2,1-3H3,(H,23,27). The molecule has 3 aromatic rings. The maximum atomic E-state index is 12.2. The molecule has 2 aromatic carbocycles. The van der Waals surface area contributed by atoms with Crippen LogP contribution in [0.15, 0.2) is 53.1 Å². The number of benzene rings is 2. The Hall–Kier alpha value is -3.20. The van der Waals surface area contributed by atoms with Crippen LogP contribution >= 0.6 is 0 Å². The molecular weight excluding hydrogens is 416 g/mol. The van der Waals surface area contributed by atoms with Gasteiger partial charge in [0, 0.05) is 18.5 Å². The van der Waals surface area contributed by atoms with Crippen LogP contribution in [0.4, 0.5) is 5.69 Å². The summed E-state index contributed by atoms with van der Waals surface area (Å²) >= 11 is 0. The van der Waals surface area contributed by atoms with Gasteiger partial charge in [0.05, 0.1) is 18.5 Å². The molecule has 0 spiro atoms. The minimum Gasteiger partial charge on any atom is -0.347 e. The van der Waals surface area contributed by atoms with Gasteiger partial charge in [0.1, 0.15) is 0 Å². The minimum absolute atomic E-state index is 0.116. The van der Waals surface area contributed by atoms with Crippen molar-refractivity contribution in [1.82, 2.24) is 15.5 Å². The summed E-state index contributed by atoms with van der Waals surface area (Å²) in [6.45, 7) is 4.15. The number of nitrogens with zero attached hydrogens (tertiary/aromatic N) is 3. The fraction of sp³-hybridized carbons (Fsp3) is 0.318. The van der Waals surface area contributed by atoms with Crippen molar-refractivity contribution in [2.24, 2.45) is 0 Å². The van der Waals surface area contributed by atoms with Crippen molar-refractivity contribution in [3.63, 3.8) is 0 Å². The van der Waals surface area contributed by atoms with E-state index in [1.165, 1.54) is 10.6 Å². The first-order valence-corrected chi connectivity index (χ1v) is 11.8. The third-order valence-electron chi connectivity index (χ3n) is 4.84. The number of hydrogen-bond donors (Lipinski definition) is 1. The lowest BCUT2D eigenvalue weighted by molar-refractivity contribution is -0.121. The Morgan fingerprint density at radius 1 is 1.06 bits per heavy atom. The Bertz CT molecular complexity index is 1160. The predicted molar refractivity (Wildman–Crippen MR) is 119 cm³/mol. The molecule has 1 heterocycles. The van der Waals surface area contributed by atoms with E-state index in [4.69, 9.17) is 4.52 Å². The molecule has 0 aliphatic carbocycles. The van der Waals surface area contributed by atoms with E-state index in [0.29, 0.717) is 23.8 Å². The van der Waals surface area contributed by atoms with Crippen LogP contribution in [0.25, 0.3) is 11.4 Å². The number of anilines is 1. The largest absolute Gasteiger partial charge is 0.347 e. The van der Waals surface area contributed by atoms with Gasteiger partial charge in [-0.25, -0.2) is 8.42 Å². The summed E-state index contributed by atoms with van der Waals surface area (Å²) in [5.41, 5.74) is 3.39. The second kappa shape index (κ2) is 9.74. The topological polar surface area (TPSA) is 105 Å². The lowest BCUT2D eigenvalue weighted by Crippen LogP contribution is -2.32. The normalized spacial score (nSPS) is 11.3. The van der Waals surface area contributed by atoms with Crippen molar-refractivity contribution in [2.45, 2.75) is 33.2 Å². The molecule has 1 N–H and O–H groups in total. The van der Waals surface area contributed by atoms with Crippen LogP contribution in [-0.2, 0) is 21.4 Å². The third kappa shape index (κ3) is 5.91. The molecule has 1 aromatic heterocycles. The number of hydrogen-bond acceptors (Lipinski definition) is 6. The summed E-state index contributed by atoms with van der Waals surface area (Å²) in [4.78, 5) is 16.5. The van der Waals surface area contributed by atoms with E-state index in [1.807, 2.05) is 50.2 Å². The summed E-state index contributed by atoms with van der Waals surface area (Å²) in [5, 5.41) is 6.71. The first-order chi connectivity index (χ1) is 14.8. The average Bonchev–Trinajstić information content (AvgIpc) is 3.19. The quantitative estimate of drug-likeness (QED) is 0.545. The molecule has 0 saturated carbocycles. The fourth-order valence-electron chi connectivity index (χ4n) is 3.21. The molecule has 0 fully saturated rings. The van der Waals surface area contributed by atoms with Gasteiger partial charge < -0.3 is 9.84 Å². The Labute approximate surface area is 182 Å². The van der Waals surface area contributed by atoms with Crippen molar-refractivity contribution in [3.05, 3.63) is 65.5 Å². The molecule has 0 unspecified atom stereocenters. The van der Waals surface area contributed by atoms with E-state index >= 15 is 0 Å². The Kier molecular flexibility index (Phi) is 7.06. The monoisotopic (exact) mass is 442 g/mol. The predicted octanol–water partition coefficient (Wildman–Crippen LogP) is 3.22. The highest BCUT2D eigenvalue weighted by Crippen LogP contribution is 2.22. The zero-order chi connectivity index (χ0) is 22.4. The van der Waals surface area contributed by atoms with Crippen molar-refractivity contribution in [2.75, 3.05) is 17.1 Å². The molecule has 0 aliphatic rings. The van der Waals surface area contributed by atoms with Crippen LogP contribution in [0.3, 0.4) is 0 Å². The van der Waals surface area contributed by atoms with Gasteiger partial charge >= 0.3 is 0 Å². The smallest absolute Gasteiger partial charge is 0.246 e. The highest BCUT2D eigenvalue weighted by molar-refractivity contribution is 7.92. The van der Waals surface area contributed by atoms with Crippen LogP contribution in [0.5, 0.6) is 0 Å². The maximum Gasteiger partial charge on any atom is 0.246 e. The Balaban J connectivity index is 1.52. The number of aromatic nitrogens is 2. The van der Waals surface area contributed by atoms with Gasteiger partial charge in [-0.2, -0.15) is 4.98 Å². The van der Waals surface area contributed by atoms with Crippen molar-refractivity contribution < 1.29 is 17.7 Å². The van der Waals surface area contributed by atoms with Gasteiger partial charge in [0.2, 0.25) is 27.6 Å². The molecule has 9 heteroatoms. The highest BCUT2D eigenvalue weighted by Gasteiger charge is 2.19. The van der Waals surface area contributed by atoms with E-state index in [2.05, 4.69) is 15.5 Å². The number of amides is 1. The Morgan fingerprint density at radius 2 is 1.74 bits per heavy atom. The summed E-state index contributed by atoms with van der Waals surface area (Å²) < 4.78 is 31.0. The van der Waals surface area contributed by atoms with Crippen molar-refractivity contribution >= 4 is 21.6 Å². The fourth-order valence-corrected chi connectivity index (χ4v) is 4.24. The summed E-state index contributed by atoms with van der Waals surface area (Å²) in [5.74, 6) is 0.572. The molecule has 3 rings (SSSR count). The Morgan fingerprint density at radius 3 is 2.42 bits per heavy atom. The van der Waals surface area contributed by atoms with Gasteiger partial charge in [-0.15, -0.1) is 0 Å². The number of carbonyl (C=O) groups excluding carboxylic acids is 1. The van der Waals surface area contributed by atoms with E-state index in [9.17, 15) is 13.2 Å². The molecule has 31 heavy (non-hydrogen) atoms. The zero-order valence-electron chi connectivity index (χ0n) is 17.8. The van der Waals surface area contributed by atoms with E-state index in [1.54, 1.807) is 12.1 Å². The molecule has 164 valence electrons. The van der Waals surface area contributed by atoms with Gasteiger partial charge in [-0.1, -0.05) is 47.6 Å².